The quantitative estimate of drug-likeness (QED) is 0.609. The second-order valence-electron chi connectivity index (χ2n) is 3.90. The van der Waals surface area contributed by atoms with Crippen LogP contribution in [0.25, 0.3) is 0 Å². The molecule has 5 nitrogen and oxygen atoms in total. The van der Waals surface area contributed by atoms with Gasteiger partial charge < -0.3 is 10.5 Å². The third kappa shape index (κ3) is 3.17. The summed E-state index contributed by atoms with van der Waals surface area (Å²) >= 11 is 6.61. The second-order valence-corrected chi connectivity index (χ2v) is 5.67. The molecule has 20 heavy (non-hydrogen) atoms. The molecule has 0 saturated heterocycles. The van der Waals surface area contributed by atoms with Gasteiger partial charge in [-0.3, -0.25) is 10.1 Å². The van der Waals surface area contributed by atoms with Crippen molar-refractivity contribution in [3.05, 3.63) is 61.0 Å². The monoisotopic (exact) mass is 400 g/mol. The molecule has 7 heteroatoms. The first kappa shape index (κ1) is 15.0. The highest BCUT2D eigenvalue weighted by Gasteiger charge is 2.19. The predicted molar refractivity (Wildman–Crippen MR) is 82.9 cm³/mol. The maximum Gasteiger partial charge on any atom is 0.312 e. The topological polar surface area (TPSA) is 78.4 Å². The van der Waals surface area contributed by atoms with Crippen molar-refractivity contribution in [3.8, 4) is 11.5 Å². The van der Waals surface area contributed by atoms with Crippen LogP contribution in [0.1, 0.15) is 5.56 Å². The largest absolute Gasteiger partial charge is 0.449 e. The van der Waals surface area contributed by atoms with Crippen LogP contribution in [-0.2, 0) is 6.54 Å². The van der Waals surface area contributed by atoms with Crippen LogP contribution in [0.15, 0.2) is 45.3 Å². The van der Waals surface area contributed by atoms with Crippen LogP contribution < -0.4 is 10.5 Å². The summed E-state index contributed by atoms with van der Waals surface area (Å²) in [6, 6.07) is 9.98. The van der Waals surface area contributed by atoms with Gasteiger partial charge in [0.25, 0.3) is 0 Å². The predicted octanol–water partition coefficient (Wildman–Crippen LogP) is 4.37. The van der Waals surface area contributed by atoms with E-state index >= 15 is 0 Å². The molecule has 0 unspecified atom stereocenters. The first-order valence-electron chi connectivity index (χ1n) is 5.62. The number of nitrogens with zero attached hydrogens (tertiary/aromatic N) is 1. The second kappa shape index (κ2) is 6.34. The van der Waals surface area contributed by atoms with Crippen molar-refractivity contribution < 1.29 is 9.66 Å². The Morgan fingerprint density at radius 1 is 1.25 bits per heavy atom. The summed E-state index contributed by atoms with van der Waals surface area (Å²) < 4.78 is 7.07. The number of ether oxygens (including phenoxy) is 1. The lowest BCUT2D eigenvalue weighted by Crippen LogP contribution is -2.01. The van der Waals surface area contributed by atoms with Crippen LogP contribution >= 0.6 is 31.9 Å². The van der Waals surface area contributed by atoms with Crippen molar-refractivity contribution in [2.24, 2.45) is 5.73 Å². The Balaban J connectivity index is 2.47. The van der Waals surface area contributed by atoms with Gasteiger partial charge in [-0.25, -0.2) is 0 Å². The summed E-state index contributed by atoms with van der Waals surface area (Å²) in [5, 5.41) is 11.0. The molecule has 2 N–H and O–H groups in total. The van der Waals surface area contributed by atoms with Gasteiger partial charge >= 0.3 is 5.69 Å². The van der Waals surface area contributed by atoms with E-state index in [0.717, 1.165) is 10.0 Å². The molecular formula is C13H10Br2N2O3. The van der Waals surface area contributed by atoms with Crippen LogP contribution in [0.3, 0.4) is 0 Å². The summed E-state index contributed by atoms with van der Waals surface area (Å²) in [5.74, 6) is 0.653. The Kier molecular flexibility index (Phi) is 4.74. The van der Waals surface area contributed by atoms with E-state index in [4.69, 9.17) is 10.5 Å². The molecule has 2 aromatic rings. The summed E-state index contributed by atoms with van der Waals surface area (Å²) in [7, 11) is 0. The van der Waals surface area contributed by atoms with Gasteiger partial charge in [0.2, 0.25) is 5.75 Å². The number of halogens is 2. The van der Waals surface area contributed by atoms with E-state index in [9.17, 15) is 10.1 Å². The summed E-state index contributed by atoms with van der Waals surface area (Å²) in [5.41, 5.74) is 6.31. The number of nitrogens with two attached hydrogens (primary N) is 1. The van der Waals surface area contributed by atoms with Crippen molar-refractivity contribution in [2.45, 2.75) is 6.54 Å². The van der Waals surface area contributed by atoms with Crippen molar-refractivity contribution in [1.82, 2.24) is 0 Å². The molecule has 0 radical (unpaired) electrons. The number of benzene rings is 2. The highest BCUT2D eigenvalue weighted by atomic mass is 79.9. The van der Waals surface area contributed by atoms with E-state index in [1.807, 2.05) is 6.07 Å². The molecule has 2 rings (SSSR count). The molecule has 104 valence electrons. The van der Waals surface area contributed by atoms with Crippen molar-refractivity contribution in [2.75, 3.05) is 0 Å². The Morgan fingerprint density at radius 3 is 2.65 bits per heavy atom. The fourth-order valence-electron chi connectivity index (χ4n) is 1.66. The van der Waals surface area contributed by atoms with Gasteiger partial charge in [0.15, 0.2) is 0 Å². The number of hydrogen-bond donors (Lipinski definition) is 1. The van der Waals surface area contributed by atoms with Gasteiger partial charge in [-0.05, 0) is 40.2 Å². The van der Waals surface area contributed by atoms with Crippen LogP contribution in [0, 0.1) is 10.1 Å². The maximum absolute atomic E-state index is 11.0. The summed E-state index contributed by atoms with van der Waals surface area (Å²) in [6.45, 7) is 0.271. The molecule has 0 fully saturated rings. The van der Waals surface area contributed by atoms with E-state index in [-0.39, 0.29) is 18.0 Å². The Bertz CT molecular complexity index is 662. The standard InChI is InChI=1S/C13H10Br2N2O3/c14-9-4-5-12(8(6-9)7-16)20-13-10(15)2-1-3-11(13)17(18)19/h1-6H,7,16H2. The molecule has 2 aromatic carbocycles. The highest BCUT2D eigenvalue weighted by molar-refractivity contribution is 9.10. The van der Waals surface area contributed by atoms with Crippen LogP contribution in [0.4, 0.5) is 5.69 Å². The third-order valence-corrected chi connectivity index (χ3v) is 3.72. The summed E-state index contributed by atoms with van der Waals surface area (Å²) in [6.07, 6.45) is 0. The van der Waals surface area contributed by atoms with E-state index < -0.39 is 4.92 Å². The van der Waals surface area contributed by atoms with Crippen molar-refractivity contribution in [3.63, 3.8) is 0 Å². The zero-order valence-corrected chi connectivity index (χ0v) is 13.3. The minimum absolute atomic E-state index is 0.106. The van der Waals surface area contributed by atoms with Gasteiger partial charge in [0.05, 0.1) is 9.40 Å². The molecule has 0 amide bonds. The van der Waals surface area contributed by atoms with Crippen LogP contribution in [0.5, 0.6) is 11.5 Å². The number of nitro groups is 1. The number of hydrogen-bond acceptors (Lipinski definition) is 4. The van der Waals surface area contributed by atoms with Gasteiger partial charge in [0.1, 0.15) is 5.75 Å². The highest BCUT2D eigenvalue weighted by Crippen LogP contribution is 2.39. The lowest BCUT2D eigenvalue weighted by atomic mass is 10.2. The van der Waals surface area contributed by atoms with Gasteiger partial charge in [-0.2, -0.15) is 0 Å². The first-order valence-corrected chi connectivity index (χ1v) is 7.20. The van der Waals surface area contributed by atoms with E-state index in [1.165, 1.54) is 6.07 Å². The normalized spacial score (nSPS) is 10.3. The molecule has 0 bridgehead atoms. The summed E-state index contributed by atoms with van der Waals surface area (Å²) in [4.78, 5) is 10.6. The number of para-hydroxylation sites is 1. The molecule has 0 spiro atoms. The zero-order chi connectivity index (χ0) is 14.7. The molecule has 0 heterocycles. The smallest absolute Gasteiger partial charge is 0.312 e. The van der Waals surface area contributed by atoms with Gasteiger partial charge in [0, 0.05) is 22.6 Å². The van der Waals surface area contributed by atoms with Crippen LogP contribution in [-0.4, -0.2) is 4.92 Å². The minimum Gasteiger partial charge on any atom is -0.449 e. The van der Waals surface area contributed by atoms with Crippen molar-refractivity contribution >= 4 is 37.5 Å². The van der Waals surface area contributed by atoms with E-state index in [1.54, 1.807) is 24.3 Å². The molecule has 0 aromatic heterocycles. The Labute approximate surface area is 132 Å². The molecular weight excluding hydrogens is 392 g/mol. The van der Waals surface area contributed by atoms with Gasteiger partial charge in [-0.1, -0.05) is 22.0 Å². The van der Waals surface area contributed by atoms with Gasteiger partial charge in [-0.15, -0.1) is 0 Å². The molecule has 0 aliphatic heterocycles. The fraction of sp³-hybridized carbons (Fsp3) is 0.0769. The molecule has 0 aliphatic carbocycles. The average molecular weight is 402 g/mol. The first-order chi connectivity index (χ1) is 9.52. The Hall–Kier alpha value is -1.44. The number of nitro benzene ring substituents is 1. The Morgan fingerprint density at radius 2 is 2.00 bits per heavy atom. The minimum atomic E-state index is -0.485. The average Bonchev–Trinajstić information content (AvgIpc) is 2.42. The SMILES string of the molecule is NCc1cc(Br)ccc1Oc1c(Br)cccc1[N+](=O)[O-]. The van der Waals surface area contributed by atoms with Crippen molar-refractivity contribution in [1.29, 1.82) is 0 Å². The fourth-order valence-corrected chi connectivity index (χ4v) is 2.50. The lowest BCUT2D eigenvalue weighted by molar-refractivity contribution is -0.385. The molecule has 0 saturated carbocycles. The maximum atomic E-state index is 11.0. The zero-order valence-electron chi connectivity index (χ0n) is 10.2. The van der Waals surface area contributed by atoms with Crippen LogP contribution in [0.2, 0.25) is 0 Å². The number of rotatable bonds is 4. The van der Waals surface area contributed by atoms with E-state index in [0.29, 0.717) is 10.2 Å². The third-order valence-electron chi connectivity index (χ3n) is 2.60. The lowest BCUT2D eigenvalue weighted by Gasteiger charge is -2.11. The molecule has 0 atom stereocenters. The van der Waals surface area contributed by atoms with E-state index in [2.05, 4.69) is 31.9 Å². The molecule has 0 aliphatic rings.